The number of hydrogen-bond donors (Lipinski definition) is 1. The molecule has 2 aromatic heterocycles. The summed E-state index contributed by atoms with van der Waals surface area (Å²) in [5.74, 6) is 0.642. The predicted molar refractivity (Wildman–Crippen MR) is 101 cm³/mol. The lowest BCUT2D eigenvalue weighted by Gasteiger charge is -2.14. The Morgan fingerprint density at radius 3 is 2.46 bits per heavy atom. The summed E-state index contributed by atoms with van der Waals surface area (Å²) >= 11 is 1.32. The molecule has 4 aromatic rings. The van der Waals surface area contributed by atoms with Crippen LogP contribution in [-0.2, 0) is 4.79 Å². The Bertz CT molecular complexity index is 1050. The molecule has 4 rings (SSSR count). The summed E-state index contributed by atoms with van der Waals surface area (Å²) in [5, 5.41) is 1.02. The Kier molecular flexibility index (Phi) is 4.41. The zero-order valence-electron chi connectivity index (χ0n) is 13.7. The van der Waals surface area contributed by atoms with Crippen molar-refractivity contribution < 1.29 is 9.21 Å². The summed E-state index contributed by atoms with van der Waals surface area (Å²) in [6.45, 7) is 0. The Labute approximate surface area is 154 Å². The maximum atomic E-state index is 12.1. The Balaban J connectivity index is 1.83. The lowest BCUT2D eigenvalue weighted by molar-refractivity contribution is -0.117. The van der Waals surface area contributed by atoms with Crippen LogP contribution in [0.1, 0.15) is 10.8 Å². The quantitative estimate of drug-likeness (QED) is 0.425. The number of carbonyl (C=O) groups excluding carboxylic acids is 1. The molecule has 1 amide bonds. The predicted octanol–water partition coefficient (Wildman–Crippen LogP) is 4.21. The van der Waals surface area contributed by atoms with Gasteiger partial charge in [-0.3, -0.25) is 4.79 Å². The van der Waals surface area contributed by atoms with Gasteiger partial charge in [0.2, 0.25) is 5.91 Å². The van der Waals surface area contributed by atoms with Crippen LogP contribution in [0.25, 0.3) is 22.5 Å². The molecule has 6 heteroatoms. The summed E-state index contributed by atoms with van der Waals surface area (Å²) in [7, 11) is 0. The fourth-order valence-corrected chi connectivity index (χ4v) is 3.75. The fourth-order valence-electron chi connectivity index (χ4n) is 2.68. The summed E-state index contributed by atoms with van der Waals surface area (Å²) in [6, 6.07) is 20.7. The van der Waals surface area contributed by atoms with Gasteiger partial charge in [0.1, 0.15) is 10.3 Å². The zero-order valence-corrected chi connectivity index (χ0v) is 14.5. The molecule has 128 valence electrons. The fraction of sp³-hybridized carbons (Fsp3) is 0.0500. The van der Waals surface area contributed by atoms with Crippen LogP contribution in [0.5, 0.6) is 0 Å². The van der Waals surface area contributed by atoms with Crippen molar-refractivity contribution in [3.8, 4) is 11.6 Å². The van der Waals surface area contributed by atoms with Gasteiger partial charge in [-0.25, -0.2) is 9.97 Å². The molecule has 1 atom stereocenters. The summed E-state index contributed by atoms with van der Waals surface area (Å²) in [6.07, 6.45) is 1.58. The lowest BCUT2D eigenvalue weighted by atomic mass is 10.1. The summed E-state index contributed by atoms with van der Waals surface area (Å²) in [5.41, 5.74) is 7.30. The summed E-state index contributed by atoms with van der Waals surface area (Å²) in [4.78, 5) is 21.3. The van der Waals surface area contributed by atoms with Gasteiger partial charge < -0.3 is 10.2 Å². The van der Waals surface area contributed by atoms with Crippen LogP contribution in [0.2, 0.25) is 0 Å². The van der Waals surface area contributed by atoms with E-state index >= 15 is 0 Å². The molecule has 5 nitrogen and oxygen atoms in total. The smallest absolute Gasteiger partial charge is 0.235 e. The van der Waals surface area contributed by atoms with E-state index in [1.807, 2.05) is 54.6 Å². The number of amides is 1. The van der Waals surface area contributed by atoms with E-state index in [-0.39, 0.29) is 0 Å². The van der Waals surface area contributed by atoms with E-state index in [2.05, 4.69) is 9.97 Å². The second-order valence-corrected chi connectivity index (χ2v) is 6.75. The molecular formula is C20H15N3O2S. The van der Waals surface area contributed by atoms with Gasteiger partial charge in [0.05, 0.1) is 11.8 Å². The number of fused-ring (bicyclic) bond motifs is 1. The number of primary amides is 1. The Hall–Kier alpha value is -3.12. The Morgan fingerprint density at radius 2 is 1.73 bits per heavy atom. The van der Waals surface area contributed by atoms with Crippen molar-refractivity contribution in [2.45, 2.75) is 10.3 Å². The van der Waals surface area contributed by atoms with Crippen molar-refractivity contribution in [1.82, 2.24) is 9.97 Å². The van der Waals surface area contributed by atoms with E-state index in [0.29, 0.717) is 16.6 Å². The number of para-hydroxylation sites is 1. The van der Waals surface area contributed by atoms with Crippen molar-refractivity contribution in [1.29, 1.82) is 0 Å². The largest absolute Gasteiger partial charge is 0.461 e. The van der Waals surface area contributed by atoms with Crippen LogP contribution in [-0.4, -0.2) is 15.9 Å². The van der Waals surface area contributed by atoms with E-state index in [4.69, 9.17) is 10.2 Å². The number of furan rings is 1. The molecule has 2 aromatic carbocycles. The van der Waals surface area contributed by atoms with Gasteiger partial charge in [-0.1, -0.05) is 60.3 Å². The van der Waals surface area contributed by atoms with Crippen molar-refractivity contribution in [2.75, 3.05) is 0 Å². The van der Waals surface area contributed by atoms with E-state index < -0.39 is 11.2 Å². The number of aromatic nitrogens is 2. The third-order valence-electron chi connectivity index (χ3n) is 3.90. The highest BCUT2D eigenvalue weighted by molar-refractivity contribution is 8.00. The van der Waals surface area contributed by atoms with E-state index in [9.17, 15) is 4.79 Å². The van der Waals surface area contributed by atoms with Gasteiger partial charge in [0, 0.05) is 5.39 Å². The molecule has 0 bridgehead atoms. The topological polar surface area (TPSA) is 82.0 Å². The van der Waals surface area contributed by atoms with Crippen molar-refractivity contribution in [3.05, 3.63) is 78.6 Å². The van der Waals surface area contributed by atoms with Crippen molar-refractivity contribution in [3.63, 3.8) is 0 Å². The maximum Gasteiger partial charge on any atom is 0.235 e. The first kappa shape index (κ1) is 16.4. The van der Waals surface area contributed by atoms with Gasteiger partial charge in [-0.05, 0) is 23.8 Å². The van der Waals surface area contributed by atoms with Crippen molar-refractivity contribution >= 4 is 28.6 Å². The molecule has 0 aliphatic heterocycles. The van der Waals surface area contributed by atoms with Gasteiger partial charge in [-0.15, -0.1) is 0 Å². The second kappa shape index (κ2) is 7.01. The molecule has 2 heterocycles. The van der Waals surface area contributed by atoms with Crippen LogP contribution < -0.4 is 5.73 Å². The Morgan fingerprint density at radius 1 is 0.962 bits per heavy atom. The minimum atomic E-state index is -0.543. The van der Waals surface area contributed by atoms with Crippen LogP contribution >= 0.6 is 11.8 Å². The van der Waals surface area contributed by atoms with Crippen LogP contribution in [0.15, 0.2) is 82.4 Å². The summed E-state index contributed by atoms with van der Waals surface area (Å²) < 4.78 is 5.43. The molecule has 0 saturated heterocycles. The zero-order chi connectivity index (χ0) is 17.9. The number of hydrogen-bond acceptors (Lipinski definition) is 5. The number of thioether (sulfide) groups is 1. The number of carbonyl (C=O) groups is 1. The minimum absolute atomic E-state index is 0.413. The highest BCUT2D eigenvalue weighted by Crippen LogP contribution is 2.38. The molecule has 1 unspecified atom stereocenters. The van der Waals surface area contributed by atoms with Gasteiger partial charge >= 0.3 is 0 Å². The molecule has 0 aliphatic carbocycles. The SMILES string of the molecule is NC(=O)C(Sc1nc(-c2ccco2)nc2ccccc12)c1ccccc1. The first-order valence-corrected chi connectivity index (χ1v) is 8.92. The molecule has 0 spiro atoms. The highest BCUT2D eigenvalue weighted by Gasteiger charge is 2.22. The average molecular weight is 361 g/mol. The van der Waals surface area contributed by atoms with Crippen LogP contribution in [0.4, 0.5) is 0 Å². The number of benzene rings is 2. The third kappa shape index (κ3) is 3.19. The first-order valence-electron chi connectivity index (χ1n) is 8.04. The normalized spacial score (nSPS) is 12.2. The molecule has 0 radical (unpaired) electrons. The van der Waals surface area contributed by atoms with Crippen molar-refractivity contribution in [2.24, 2.45) is 5.73 Å². The third-order valence-corrected chi connectivity index (χ3v) is 5.17. The molecule has 0 fully saturated rings. The second-order valence-electron chi connectivity index (χ2n) is 5.66. The van der Waals surface area contributed by atoms with Crippen LogP contribution in [0, 0.1) is 0 Å². The number of nitrogens with two attached hydrogens (primary N) is 1. The van der Waals surface area contributed by atoms with Crippen LogP contribution in [0.3, 0.4) is 0 Å². The van der Waals surface area contributed by atoms with E-state index in [1.54, 1.807) is 18.4 Å². The van der Waals surface area contributed by atoms with Gasteiger partial charge in [0.15, 0.2) is 11.6 Å². The standard InChI is InChI=1S/C20H15N3O2S/c21-18(24)17(13-7-2-1-3-8-13)26-20-14-9-4-5-10-15(14)22-19(23-20)16-11-6-12-25-16/h1-12,17H,(H2,21,24). The maximum absolute atomic E-state index is 12.1. The average Bonchev–Trinajstić information content (AvgIpc) is 3.21. The molecule has 26 heavy (non-hydrogen) atoms. The van der Waals surface area contributed by atoms with Gasteiger partial charge in [-0.2, -0.15) is 0 Å². The monoisotopic (exact) mass is 361 g/mol. The van der Waals surface area contributed by atoms with E-state index in [1.165, 1.54) is 11.8 Å². The lowest BCUT2D eigenvalue weighted by Crippen LogP contribution is -2.19. The molecule has 2 N–H and O–H groups in total. The first-order chi connectivity index (χ1) is 12.7. The van der Waals surface area contributed by atoms with E-state index in [0.717, 1.165) is 16.5 Å². The minimum Gasteiger partial charge on any atom is -0.461 e. The molecule has 0 aliphatic rings. The molecule has 0 saturated carbocycles. The molecular weight excluding hydrogens is 346 g/mol. The number of rotatable bonds is 5. The van der Waals surface area contributed by atoms with Gasteiger partial charge in [0.25, 0.3) is 0 Å². The highest BCUT2D eigenvalue weighted by atomic mass is 32.2. The number of nitrogens with zero attached hydrogens (tertiary/aromatic N) is 2.